The van der Waals surface area contributed by atoms with E-state index in [1.54, 1.807) is 0 Å². The van der Waals surface area contributed by atoms with E-state index in [-0.39, 0.29) is 0 Å². The first-order valence-corrected chi connectivity index (χ1v) is 8.17. The Hall–Kier alpha value is -0.250. The molecular weight excluding hydrogens is 333 g/mol. The zero-order valence-corrected chi connectivity index (χ0v) is 13.8. The van der Waals surface area contributed by atoms with Crippen molar-refractivity contribution in [2.24, 2.45) is 11.8 Å². The number of benzene rings is 1. The van der Waals surface area contributed by atoms with Crippen LogP contribution in [0.4, 0.5) is 5.69 Å². The fourth-order valence-corrected chi connectivity index (χ4v) is 3.07. The molecule has 100 valence electrons. The zero-order chi connectivity index (χ0) is 13.1. The molecule has 1 atom stereocenters. The number of hydrogen-bond donors (Lipinski definition) is 1. The topological polar surface area (TPSA) is 12.0 Å². The molecule has 0 heterocycles. The average molecular weight is 357 g/mol. The van der Waals surface area contributed by atoms with Gasteiger partial charge in [0.1, 0.15) is 0 Å². The second kappa shape index (κ2) is 6.27. The molecule has 1 saturated carbocycles. The smallest absolute Gasteiger partial charge is 0.0372 e. The van der Waals surface area contributed by atoms with Crippen LogP contribution in [0.15, 0.2) is 18.2 Å². The molecule has 0 spiro atoms. The summed E-state index contributed by atoms with van der Waals surface area (Å²) in [7, 11) is 0. The highest BCUT2D eigenvalue weighted by atomic mass is 127. The Balaban J connectivity index is 1.99. The van der Waals surface area contributed by atoms with E-state index in [1.807, 2.05) is 0 Å². The van der Waals surface area contributed by atoms with Crippen LogP contribution < -0.4 is 5.32 Å². The summed E-state index contributed by atoms with van der Waals surface area (Å²) < 4.78 is 1.32. The minimum Gasteiger partial charge on any atom is -0.382 e. The molecule has 1 unspecified atom stereocenters. The van der Waals surface area contributed by atoms with Gasteiger partial charge < -0.3 is 5.32 Å². The van der Waals surface area contributed by atoms with Crippen LogP contribution in [0.3, 0.4) is 0 Å². The Kier molecular flexibility index (Phi) is 4.93. The lowest BCUT2D eigenvalue weighted by Gasteiger charge is -2.22. The average Bonchev–Trinajstić information content (AvgIpc) is 3.10. The van der Waals surface area contributed by atoms with E-state index >= 15 is 0 Å². The molecule has 0 bridgehead atoms. The van der Waals surface area contributed by atoms with Crippen LogP contribution in [0.5, 0.6) is 0 Å². The first-order chi connectivity index (χ1) is 8.56. The SMILES string of the molecule is Cc1cc(I)ccc1NC(CCC(C)C)C1CC1. The molecule has 0 saturated heterocycles. The minimum atomic E-state index is 0.686. The summed E-state index contributed by atoms with van der Waals surface area (Å²) >= 11 is 2.38. The van der Waals surface area contributed by atoms with Crippen molar-refractivity contribution >= 4 is 28.3 Å². The molecule has 18 heavy (non-hydrogen) atoms. The number of rotatable bonds is 6. The zero-order valence-electron chi connectivity index (χ0n) is 11.7. The number of nitrogens with one attached hydrogen (secondary N) is 1. The van der Waals surface area contributed by atoms with E-state index in [9.17, 15) is 0 Å². The molecule has 0 radical (unpaired) electrons. The summed E-state index contributed by atoms with van der Waals surface area (Å²) in [4.78, 5) is 0. The summed E-state index contributed by atoms with van der Waals surface area (Å²) in [6.07, 6.45) is 5.48. The molecule has 2 heteroatoms. The Morgan fingerprint density at radius 1 is 1.28 bits per heavy atom. The molecule has 0 aromatic heterocycles. The third-order valence-corrected chi connectivity index (χ3v) is 4.45. The maximum absolute atomic E-state index is 3.79. The van der Waals surface area contributed by atoms with Gasteiger partial charge in [0, 0.05) is 15.3 Å². The van der Waals surface area contributed by atoms with Crippen molar-refractivity contribution in [3.63, 3.8) is 0 Å². The fourth-order valence-electron chi connectivity index (χ4n) is 2.43. The summed E-state index contributed by atoms with van der Waals surface area (Å²) in [5, 5.41) is 3.79. The first kappa shape index (κ1) is 14.2. The van der Waals surface area contributed by atoms with Gasteiger partial charge in [0.25, 0.3) is 0 Å². The number of hydrogen-bond acceptors (Lipinski definition) is 1. The van der Waals surface area contributed by atoms with E-state index in [1.165, 1.54) is 40.5 Å². The third kappa shape index (κ3) is 4.15. The second-order valence-corrected chi connectivity index (χ2v) is 7.26. The van der Waals surface area contributed by atoms with Crippen molar-refractivity contribution in [3.8, 4) is 0 Å². The maximum atomic E-state index is 3.79. The number of halogens is 1. The normalized spacial score (nSPS) is 16.9. The van der Waals surface area contributed by atoms with E-state index in [2.05, 4.69) is 66.9 Å². The Bertz CT molecular complexity index is 396. The quantitative estimate of drug-likeness (QED) is 0.688. The van der Waals surface area contributed by atoms with Gasteiger partial charge in [0.2, 0.25) is 0 Å². The predicted octanol–water partition coefficient (Wildman–Crippen LogP) is 5.23. The molecule has 1 aromatic rings. The summed E-state index contributed by atoms with van der Waals surface area (Å²) in [6, 6.07) is 7.38. The molecule has 1 aliphatic carbocycles. The van der Waals surface area contributed by atoms with Gasteiger partial charge in [0.05, 0.1) is 0 Å². The predicted molar refractivity (Wildman–Crippen MR) is 88.1 cm³/mol. The van der Waals surface area contributed by atoms with E-state index < -0.39 is 0 Å². The highest BCUT2D eigenvalue weighted by Crippen LogP contribution is 2.37. The molecule has 1 aromatic carbocycles. The van der Waals surface area contributed by atoms with Gasteiger partial charge in [-0.3, -0.25) is 0 Å². The van der Waals surface area contributed by atoms with Gasteiger partial charge in [-0.2, -0.15) is 0 Å². The molecule has 0 aliphatic heterocycles. The monoisotopic (exact) mass is 357 g/mol. The molecular formula is C16H24IN. The molecule has 1 N–H and O–H groups in total. The number of aryl methyl sites for hydroxylation is 1. The van der Waals surface area contributed by atoms with Gasteiger partial charge >= 0.3 is 0 Å². The van der Waals surface area contributed by atoms with Crippen LogP contribution in [-0.2, 0) is 0 Å². The van der Waals surface area contributed by atoms with Crippen molar-refractivity contribution in [2.75, 3.05) is 5.32 Å². The van der Waals surface area contributed by atoms with E-state index in [0.29, 0.717) is 6.04 Å². The highest BCUT2D eigenvalue weighted by Gasteiger charge is 2.31. The summed E-state index contributed by atoms with van der Waals surface area (Å²) in [6.45, 7) is 6.84. The van der Waals surface area contributed by atoms with Crippen molar-refractivity contribution in [1.29, 1.82) is 0 Å². The third-order valence-electron chi connectivity index (χ3n) is 3.78. The lowest BCUT2D eigenvalue weighted by Crippen LogP contribution is -2.23. The van der Waals surface area contributed by atoms with Crippen LogP contribution in [0.25, 0.3) is 0 Å². The molecule has 0 amide bonds. The van der Waals surface area contributed by atoms with Crippen molar-refractivity contribution in [2.45, 2.75) is 52.5 Å². The Labute approximate surface area is 125 Å². The van der Waals surface area contributed by atoms with E-state index in [4.69, 9.17) is 0 Å². The van der Waals surface area contributed by atoms with Crippen LogP contribution in [0.2, 0.25) is 0 Å². The summed E-state index contributed by atoms with van der Waals surface area (Å²) in [5.41, 5.74) is 2.70. The van der Waals surface area contributed by atoms with Crippen LogP contribution in [0, 0.1) is 22.3 Å². The second-order valence-electron chi connectivity index (χ2n) is 6.02. The lowest BCUT2D eigenvalue weighted by atomic mass is 9.99. The van der Waals surface area contributed by atoms with Crippen molar-refractivity contribution in [3.05, 3.63) is 27.3 Å². The van der Waals surface area contributed by atoms with Gasteiger partial charge in [0.15, 0.2) is 0 Å². The minimum absolute atomic E-state index is 0.686. The van der Waals surface area contributed by atoms with Crippen LogP contribution in [0.1, 0.15) is 45.1 Å². The fraction of sp³-hybridized carbons (Fsp3) is 0.625. The van der Waals surface area contributed by atoms with Gasteiger partial charge in [-0.05, 0) is 90.8 Å². The largest absolute Gasteiger partial charge is 0.382 e. The molecule has 2 rings (SSSR count). The number of anilines is 1. The van der Waals surface area contributed by atoms with Crippen molar-refractivity contribution < 1.29 is 0 Å². The summed E-state index contributed by atoms with van der Waals surface area (Å²) in [5.74, 6) is 1.73. The standard InChI is InChI=1S/C16H24IN/c1-11(2)4-8-16(13-5-6-13)18-15-9-7-14(17)10-12(15)3/h7,9-11,13,16,18H,4-6,8H2,1-3H3. The Morgan fingerprint density at radius 3 is 2.56 bits per heavy atom. The molecule has 1 aliphatic rings. The van der Waals surface area contributed by atoms with Gasteiger partial charge in [-0.25, -0.2) is 0 Å². The van der Waals surface area contributed by atoms with Gasteiger partial charge in [-0.15, -0.1) is 0 Å². The first-order valence-electron chi connectivity index (χ1n) is 7.09. The Morgan fingerprint density at radius 2 is 2.00 bits per heavy atom. The van der Waals surface area contributed by atoms with Crippen LogP contribution in [-0.4, -0.2) is 6.04 Å². The molecule has 1 nitrogen and oxygen atoms in total. The van der Waals surface area contributed by atoms with Gasteiger partial charge in [-0.1, -0.05) is 13.8 Å². The molecule has 1 fully saturated rings. The lowest BCUT2D eigenvalue weighted by molar-refractivity contribution is 0.486. The maximum Gasteiger partial charge on any atom is 0.0372 e. The van der Waals surface area contributed by atoms with E-state index in [0.717, 1.165) is 11.8 Å². The van der Waals surface area contributed by atoms with Crippen molar-refractivity contribution in [1.82, 2.24) is 0 Å². The van der Waals surface area contributed by atoms with Crippen LogP contribution >= 0.6 is 22.6 Å². The highest BCUT2D eigenvalue weighted by molar-refractivity contribution is 14.1.